The smallest absolute Gasteiger partial charge is 0.265 e. The maximum Gasteiger partial charge on any atom is 0.265 e. The highest BCUT2D eigenvalue weighted by Crippen LogP contribution is 2.21. The number of carbonyl (C=O) groups is 2. The van der Waals surface area contributed by atoms with Gasteiger partial charge in [-0.25, -0.2) is 4.90 Å². The summed E-state index contributed by atoms with van der Waals surface area (Å²) >= 11 is 0. The van der Waals surface area contributed by atoms with Crippen LogP contribution in [0.25, 0.3) is 0 Å². The van der Waals surface area contributed by atoms with Crippen molar-refractivity contribution in [2.24, 2.45) is 0 Å². The van der Waals surface area contributed by atoms with Gasteiger partial charge in [0, 0.05) is 12.8 Å². The Morgan fingerprint density at radius 3 is 2.16 bits per heavy atom. The van der Waals surface area contributed by atoms with Gasteiger partial charge in [0.15, 0.2) is 6.67 Å². The number of hydrogen-bond donors (Lipinski definition) is 2. The molecule has 5 nitrogen and oxygen atoms in total. The van der Waals surface area contributed by atoms with Crippen LogP contribution in [0.2, 0.25) is 0 Å². The molecule has 1 aromatic rings. The van der Waals surface area contributed by atoms with Gasteiger partial charge in [-0.2, -0.15) is 0 Å². The first-order valence-electron chi connectivity index (χ1n) is 6.63. The van der Waals surface area contributed by atoms with Gasteiger partial charge in [0.25, 0.3) is 11.8 Å². The minimum atomic E-state index is -0.231. The van der Waals surface area contributed by atoms with E-state index in [-0.39, 0.29) is 17.9 Å². The Hall–Kier alpha value is -1.72. The van der Waals surface area contributed by atoms with Crippen molar-refractivity contribution in [2.75, 3.05) is 19.8 Å². The lowest BCUT2D eigenvalue weighted by molar-refractivity contribution is -0.913. The standard InChI is InChI=1S/C14H16N2O3/c17-10-5-7-15(8-6-10)9-16-13(18)11-3-1-2-4-12(11)14(16)19/h1-4,10,17H,5-9H2/p+1. The van der Waals surface area contributed by atoms with E-state index in [0.29, 0.717) is 17.8 Å². The summed E-state index contributed by atoms with van der Waals surface area (Å²) in [6.07, 6.45) is 1.24. The number of likely N-dealkylation sites (tertiary alicyclic amines) is 1. The second-order valence-electron chi connectivity index (χ2n) is 5.22. The highest BCUT2D eigenvalue weighted by molar-refractivity contribution is 6.21. The first-order chi connectivity index (χ1) is 9.16. The number of piperidine rings is 1. The first-order valence-corrected chi connectivity index (χ1v) is 6.63. The zero-order chi connectivity index (χ0) is 13.4. The molecule has 2 aliphatic heterocycles. The molecule has 0 atom stereocenters. The third-order valence-electron chi connectivity index (χ3n) is 3.92. The van der Waals surface area contributed by atoms with Crippen molar-refractivity contribution in [3.05, 3.63) is 35.4 Å². The summed E-state index contributed by atoms with van der Waals surface area (Å²) < 4.78 is 0. The Bertz CT molecular complexity index is 486. The van der Waals surface area contributed by atoms with Crippen molar-refractivity contribution in [1.82, 2.24) is 4.90 Å². The van der Waals surface area contributed by atoms with Crippen LogP contribution in [-0.4, -0.2) is 47.7 Å². The lowest BCUT2D eigenvalue weighted by Crippen LogP contribution is -3.14. The predicted molar refractivity (Wildman–Crippen MR) is 67.7 cm³/mol. The van der Waals surface area contributed by atoms with Crippen molar-refractivity contribution >= 4 is 11.8 Å². The number of rotatable bonds is 2. The third kappa shape index (κ3) is 2.15. The van der Waals surface area contributed by atoms with Crippen LogP contribution in [-0.2, 0) is 0 Å². The molecule has 0 spiro atoms. The van der Waals surface area contributed by atoms with Crippen molar-refractivity contribution in [1.29, 1.82) is 0 Å². The van der Waals surface area contributed by atoms with Gasteiger partial charge >= 0.3 is 0 Å². The molecule has 0 saturated carbocycles. The molecule has 5 heteroatoms. The van der Waals surface area contributed by atoms with Crippen LogP contribution in [0, 0.1) is 0 Å². The molecule has 0 bridgehead atoms. The quantitative estimate of drug-likeness (QED) is 0.691. The fourth-order valence-electron chi connectivity index (χ4n) is 2.78. The molecule has 0 unspecified atom stereocenters. The SMILES string of the molecule is O=C1c2ccccc2C(=O)N1C[NH+]1CCC(O)CC1. The molecule has 100 valence electrons. The molecule has 2 heterocycles. The van der Waals surface area contributed by atoms with Gasteiger partial charge in [0.2, 0.25) is 0 Å². The minimum absolute atomic E-state index is 0.195. The molecule has 19 heavy (non-hydrogen) atoms. The number of quaternary nitrogens is 1. The molecule has 2 amide bonds. The Balaban J connectivity index is 1.74. The summed E-state index contributed by atoms with van der Waals surface area (Å²) in [5, 5.41) is 9.47. The molecule has 2 N–H and O–H groups in total. The number of fused-ring (bicyclic) bond motifs is 1. The highest BCUT2D eigenvalue weighted by atomic mass is 16.3. The average Bonchev–Trinajstić information content (AvgIpc) is 2.67. The van der Waals surface area contributed by atoms with E-state index in [1.165, 1.54) is 9.80 Å². The summed E-state index contributed by atoms with van der Waals surface area (Å²) in [4.78, 5) is 26.9. The van der Waals surface area contributed by atoms with Crippen LogP contribution in [0.5, 0.6) is 0 Å². The van der Waals surface area contributed by atoms with Crippen LogP contribution in [0.15, 0.2) is 24.3 Å². The molecule has 1 fully saturated rings. The van der Waals surface area contributed by atoms with Crippen LogP contribution in [0.1, 0.15) is 33.6 Å². The molecule has 2 aliphatic rings. The summed E-state index contributed by atoms with van der Waals surface area (Å²) in [6, 6.07) is 6.95. The lowest BCUT2D eigenvalue weighted by Gasteiger charge is -2.29. The number of aliphatic hydroxyl groups is 1. The summed E-state index contributed by atoms with van der Waals surface area (Å²) in [5.41, 5.74) is 1.01. The van der Waals surface area contributed by atoms with E-state index in [9.17, 15) is 14.7 Å². The minimum Gasteiger partial charge on any atom is -0.393 e. The molecule has 1 saturated heterocycles. The van der Waals surface area contributed by atoms with Crippen molar-refractivity contribution in [3.8, 4) is 0 Å². The molecule has 3 rings (SSSR count). The normalized spacial score (nSPS) is 26.7. The third-order valence-corrected chi connectivity index (χ3v) is 3.92. The van der Waals surface area contributed by atoms with Gasteiger partial charge in [-0.15, -0.1) is 0 Å². The fourth-order valence-corrected chi connectivity index (χ4v) is 2.78. The number of amides is 2. The number of imide groups is 1. The maximum absolute atomic E-state index is 12.2. The zero-order valence-electron chi connectivity index (χ0n) is 10.6. The summed E-state index contributed by atoms with van der Waals surface area (Å²) in [6.45, 7) is 2.00. The van der Waals surface area contributed by atoms with Gasteiger partial charge in [0.05, 0.1) is 30.3 Å². The topological polar surface area (TPSA) is 62.0 Å². The van der Waals surface area contributed by atoms with Gasteiger partial charge in [-0.05, 0) is 12.1 Å². The molecule has 0 aliphatic carbocycles. The van der Waals surface area contributed by atoms with Crippen LogP contribution in [0.3, 0.4) is 0 Å². The molecule has 1 aromatic carbocycles. The number of nitrogens with one attached hydrogen (secondary N) is 1. The Morgan fingerprint density at radius 1 is 1.11 bits per heavy atom. The van der Waals surface area contributed by atoms with Gasteiger partial charge < -0.3 is 10.0 Å². The Morgan fingerprint density at radius 2 is 1.63 bits per heavy atom. The maximum atomic E-state index is 12.2. The van der Waals surface area contributed by atoms with E-state index >= 15 is 0 Å². The Kier molecular flexibility index (Phi) is 3.08. The van der Waals surface area contributed by atoms with Crippen LogP contribution in [0.4, 0.5) is 0 Å². The second kappa shape index (κ2) is 4.75. The molecular formula is C14H17N2O3+. The van der Waals surface area contributed by atoms with Gasteiger partial charge in [-0.3, -0.25) is 9.59 Å². The van der Waals surface area contributed by atoms with E-state index < -0.39 is 0 Å². The predicted octanol–water partition coefficient (Wildman–Crippen LogP) is -0.720. The van der Waals surface area contributed by atoms with E-state index in [0.717, 1.165) is 25.9 Å². The van der Waals surface area contributed by atoms with Crippen molar-refractivity contribution in [2.45, 2.75) is 18.9 Å². The molecular weight excluding hydrogens is 244 g/mol. The van der Waals surface area contributed by atoms with Crippen molar-refractivity contribution < 1.29 is 19.6 Å². The summed E-state index contributed by atoms with van der Waals surface area (Å²) in [7, 11) is 0. The second-order valence-corrected chi connectivity index (χ2v) is 5.22. The number of nitrogens with zero attached hydrogens (tertiary/aromatic N) is 1. The van der Waals surface area contributed by atoms with Gasteiger partial charge in [-0.1, -0.05) is 12.1 Å². The lowest BCUT2D eigenvalue weighted by atomic mass is 10.1. The van der Waals surface area contributed by atoms with E-state index in [1.807, 2.05) is 0 Å². The van der Waals surface area contributed by atoms with Crippen LogP contribution < -0.4 is 4.90 Å². The van der Waals surface area contributed by atoms with Gasteiger partial charge in [0.1, 0.15) is 0 Å². The summed E-state index contributed by atoms with van der Waals surface area (Å²) in [5.74, 6) is -0.390. The number of aliphatic hydroxyl groups excluding tert-OH is 1. The number of hydrogen-bond acceptors (Lipinski definition) is 3. The molecule has 0 aromatic heterocycles. The number of benzene rings is 1. The van der Waals surface area contributed by atoms with E-state index in [2.05, 4.69) is 0 Å². The first kappa shape index (κ1) is 12.3. The van der Waals surface area contributed by atoms with E-state index in [1.54, 1.807) is 24.3 Å². The zero-order valence-corrected chi connectivity index (χ0v) is 10.6. The van der Waals surface area contributed by atoms with Crippen molar-refractivity contribution in [3.63, 3.8) is 0 Å². The van der Waals surface area contributed by atoms with Crippen LogP contribution >= 0.6 is 0 Å². The Labute approximate surface area is 111 Å². The molecule has 0 radical (unpaired) electrons. The highest BCUT2D eigenvalue weighted by Gasteiger charge is 2.37. The largest absolute Gasteiger partial charge is 0.393 e. The van der Waals surface area contributed by atoms with E-state index in [4.69, 9.17) is 0 Å². The number of carbonyl (C=O) groups excluding carboxylic acids is 2. The monoisotopic (exact) mass is 261 g/mol. The fraction of sp³-hybridized carbons (Fsp3) is 0.429. The average molecular weight is 261 g/mol.